The number of methoxy groups -OCH3 is 2. The quantitative estimate of drug-likeness (QED) is 0.599. The highest BCUT2D eigenvalue weighted by Crippen LogP contribution is 2.38. The number of nitrogens with zero attached hydrogens (tertiary/aromatic N) is 2. The van der Waals surface area contributed by atoms with Crippen molar-refractivity contribution in [3.63, 3.8) is 0 Å². The van der Waals surface area contributed by atoms with Crippen molar-refractivity contribution in [1.82, 2.24) is 0 Å². The van der Waals surface area contributed by atoms with Crippen molar-refractivity contribution < 1.29 is 14.3 Å². The Balaban J connectivity index is 1.93. The summed E-state index contributed by atoms with van der Waals surface area (Å²) >= 11 is 0. The normalized spacial score (nSPS) is 15.5. The van der Waals surface area contributed by atoms with Gasteiger partial charge in [0.25, 0.3) is 5.91 Å². The maximum absolute atomic E-state index is 13.8. The van der Waals surface area contributed by atoms with Crippen molar-refractivity contribution >= 4 is 17.3 Å². The molecule has 1 aliphatic heterocycles. The van der Waals surface area contributed by atoms with Crippen LogP contribution in [0.3, 0.4) is 0 Å². The van der Waals surface area contributed by atoms with E-state index in [1.807, 2.05) is 73.7 Å². The van der Waals surface area contributed by atoms with Gasteiger partial charge in [-0.25, -0.2) is 0 Å². The first-order valence-corrected chi connectivity index (χ1v) is 11.1. The molecule has 0 bridgehead atoms. The number of hydrogen-bond acceptors (Lipinski definition) is 5. The molecule has 0 fully saturated rings. The molecule has 1 amide bonds. The second kappa shape index (κ2) is 9.88. The van der Waals surface area contributed by atoms with Crippen LogP contribution >= 0.6 is 0 Å². The van der Waals surface area contributed by atoms with E-state index in [1.54, 1.807) is 19.1 Å². The number of hydrogen-bond donors (Lipinski definition) is 1. The number of benzene rings is 3. The van der Waals surface area contributed by atoms with E-state index in [0.717, 1.165) is 33.7 Å². The Hall–Kier alpha value is -3.64. The average Bonchev–Trinajstić information content (AvgIpc) is 2.97. The second-order valence-electron chi connectivity index (χ2n) is 7.84. The zero-order valence-corrected chi connectivity index (χ0v) is 19.2. The second-order valence-corrected chi connectivity index (χ2v) is 7.84. The third-order valence-electron chi connectivity index (χ3n) is 6.00. The summed E-state index contributed by atoms with van der Waals surface area (Å²) in [7, 11) is 3.20. The fourth-order valence-electron chi connectivity index (χ4n) is 4.31. The molecule has 0 saturated heterocycles. The Labute approximate surface area is 194 Å². The third kappa shape index (κ3) is 4.34. The van der Waals surface area contributed by atoms with Crippen molar-refractivity contribution in [2.45, 2.75) is 25.9 Å². The number of anilines is 1. The van der Waals surface area contributed by atoms with Crippen LogP contribution in [0.5, 0.6) is 11.5 Å². The van der Waals surface area contributed by atoms with Crippen LogP contribution < -0.4 is 20.1 Å². The number of ether oxygens (including phenoxy) is 2. The highest BCUT2D eigenvalue weighted by molar-refractivity contribution is 6.20. The van der Waals surface area contributed by atoms with E-state index in [9.17, 15) is 4.79 Å². The van der Waals surface area contributed by atoms with E-state index in [-0.39, 0.29) is 5.91 Å². The lowest BCUT2D eigenvalue weighted by Crippen LogP contribution is -2.39. The molecule has 6 heteroatoms. The third-order valence-corrected chi connectivity index (χ3v) is 6.00. The largest absolute Gasteiger partial charge is 0.493 e. The molecule has 0 aliphatic carbocycles. The van der Waals surface area contributed by atoms with Gasteiger partial charge < -0.3 is 20.1 Å². The number of amides is 1. The molecule has 1 heterocycles. The summed E-state index contributed by atoms with van der Waals surface area (Å²) in [5.41, 5.74) is 11.3. The molecule has 0 aromatic heterocycles. The van der Waals surface area contributed by atoms with Crippen LogP contribution in [0.25, 0.3) is 0 Å². The summed E-state index contributed by atoms with van der Waals surface area (Å²) in [6, 6.07) is 21.1. The van der Waals surface area contributed by atoms with Crippen LogP contribution in [0.2, 0.25) is 0 Å². The van der Waals surface area contributed by atoms with Crippen molar-refractivity contribution in [2.75, 3.05) is 25.7 Å². The fraction of sp³-hybridized carbons (Fsp3) is 0.259. The molecule has 170 valence electrons. The molecule has 0 spiro atoms. The van der Waals surface area contributed by atoms with Gasteiger partial charge in [0, 0.05) is 36.7 Å². The molecule has 33 heavy (non-hydrogen) atoms. The van der Waals surface area contributed by atoms with Crippen molar-refractivity contribution in [3.05, 3.63) is 89.0 Å². The van der Waals surface area contributed by atoms with E-state index in [0.29, 0.717) is 31.0 Å². The lowest BCUT2D eigenvalue weighted by atomic mass is 9.98. The molecular weight excluding hydrogens is 414 g/mol. The Bertz CT molecular complexity index is 1170. The topological polar surface area (TPSA) is 77.2 Å². The maximum Gasteiger partial charge on any atom is 0.252 e. The van der Waals surface area contributed by atoms with Gasteiger partial charge in [-0.05, 0) is 24.1 Å². The van der Waals surface area contributed by atoms with Gasteiger partial charge >= 0.3 is 0 Å². The van der Waals surface area contributed by atoms with Gasteiger partial charge in [-0.15, -0.1) is 0 Å². The number of likely N-dealkylation sites (N-methyl/N-ethyl adjacent to an activating group) is 1. The highest BCUT2D eigenvalue weighted by atomic mass is 16.5. The van der Waals surface area contributed by atoms with Crippen LogP contribution in [0.1, 0.15) is 29.2 Å². The number of benzodiazepines with no additional fused rings is 1. The van der Waals surface area contributed by atoms with Crippen LogP contribution in [0.15, 0.2) is 71.7 Å². The Kier molecular flexibility index (Phi) is 6.75. The summed E-state index contributed by atoms with van der Waals surface area (Å²) < 4.78 is 11.1. The molecule has 3 aromatic carbocycles. The van der Waals surface area contributed by atoms with E-state index < -0.39 is 6.04 Å². The lowest BCUT2D eigenvalue weighted by molar-refractivity contribution is -0.119. The standard InChI is InChI=1S/C27H29N3O3/c1-4-30-23-16-25(33-3)24(32-2)15-21(23)26(18-10-6-5-7-11-18)29-22(27(30)31)14-19-12-8-9-13-20(19)17-28/h5-13,15-16,22H,4,14,17,28H2,1-3H3. The number of nitrogens with two attached hydrogens (primary N) is 1. The van der Waals surface area contributed by atoms with E-state index in [1.165, 1.54) is 0 Å². The molecule has 2 N–H and O–H groups in total. The zero-order chi connectivity index (χ0) is 23.4. The number of carbonyl (C=O) groups is 1. The molecule has 1 atom stereocenters. The minimum atomic E-state index is -0.586. The number of fused-ring (bicyclic) bond motifs is 1. The summed E-state index contributed by atoms with van der Waals surface area (Å²) in [4.78, 5) is 20.6. The molecule has 3 aromatic rings. The van der Waals surface area contributed by atoms with Gasteiger partial charge in [0.2, 0.25) is 0 Å². The maximum atomic E-state index is 13.8. The first-order chi connectivity index (χ1) is 16.1. The SMILES string of the molecule is CCN1C(=O)C(Cc2ccccc2CN)N=C(c2ccccc2)c2cc(OC)c(OC)cc21. The fourth-order valence-corrected chi connectivity index (χ4v) is 4.31. The average molecular weight is 444 g/mol. The van der Waals surface area contributed by atoms with E-state index >= 15 is 0 Å². The number of rotatable bonds is 7. The molecule has 0 radical (unpaired) electrons. The van der Waals surface area contributed by atoms with Gasteiger partial charge in [0.1, 0.15) is 6.04 Å². The number of carbonyl (C=O) groups excluding carboxylic acids is 1. The Morgan fingerprint density at radius 2 is 1.58 bits per heavy atom. The minimum Gasteiger partial charge on any atom is -0.493 e. The lowest BCUT2D eigenvalue weighted by Gasteiger charge is -2.25. The molecule has 1 unspecified atom stereocenters. The number of aliphatic imine (C=N–C) groups is 1. The van der Waals surface area contributed by atoms with Gasteiger partial charge in [-0.2, -0.15) is 0 Å². The van der Waals surface area contributed by atoms with Crippen LogP contribution in [0.4, 0.5) is 5.69 Å². The minimum absolute atomic E-state index is 0.0521. The first-order valence-electron chi connectivity index (χ1n) is 11.1. The van der Waals surface area contributed by atoms with E-state index in [4.69, 9.17) is 20.2 Å². The monoisotopic (exact) mass is 443 g/mol. The summed E-state index contributed by atoms with van der Waals surface area (Å²) in [5.74, 6) is 1.11. The Morgan fingerprint density at radius 3 is 2.21 bits per heavy atom. The highest BCUT2D eigenvalue weighted by Gasteiger charge is 2.33. The van der Waals surface area contributed by atoms with Gasteiger partial charge in [-0.1, -0.05) is 54.6 Å². The predicted molar refractivity (Wildman–Crippen MR) is 131 cm³/mol. The Morgan fingerprint density at radius 1 is 0.939 bits per heavy atom. The van der Waals surface area contributed by atoms with Crippen LogP contribution in [-0.4, -0.2) is 38.4 Å². The molecule has 4 rings (SSSR count). The molecule has 1 aliphatic rings. The summed E-state index contributed by atoms with van der Waals surface area (Å²) in [5, 5.41) is 0. The van der Waals surface area contributed by atoms with E-state index in [2.05, 4.69) is 0 Å². The van der Waals surface area contributed by atoms with Gasteiger partial charge in [-0.3, -0.25) is 9.79 Å². The van der Waals surface area contributed by atoms with Crippen molar-refractivity contribution in [3.8, 4) is 11.5 Å². The van der Waals surface area contributed by atoms with Gasteiger partial charge in [0.15, 0.2) is 11.5 Å². The molecular formula is C27H29N3O3. The summed E-state index contributed by atoms with van der Waals surface area (Å²) in [6.07, 6.45) is 0.474. The van der Waals surface area contributed by atoms with Crippen LogP contribution in [0, 0.1) is 0 Å². The predicted octanol–water partition coefficient (Wildman–Crippen LogP) is 3.98. The molecule has 0 saturated carbocycles. The molecule has 6 nitrogen and oxygen atoms in total. The van der Waals surface area contributed by atoms with Gasteiger partial charge in [0.05, 0.1) is 25.6 Å². The van der Waals surface area contributed by atoms with Crippen molar-refractivity contribution in [1.29, 1.82) is 0 Å². The van der Waals surface area contributed by atoms with Crippen molar-refractivity contribution in [2.24, 2.45) is 10.7 Å². The van der Waals surface area contributed by atoms with Crippen LogP contribution in [-0.2, 0) is 17.8 Å². The summed E-state index contributed by atoms with van der Waals surface area (Å²) in [6.45, 7) is 2.89. The smallest absolute Gasteiger partial charge is 0.252 e. The zero-order valence-electron chi connectivity index (χ0n) is 19.2. The first kappa shape index (κ1) is 22.6.